The fourth-order valence-electron chi connectivity index (χ4n) is 3.25. The third-order valence-corrected chi connectivity index (χ3v) is 4.74. The largest absolute Gasteiger partial charge is 0.354 e. The van der Waals surface area contributed by atoms with Crippen molar-refractivity contribution in [3.8, 4) is 0 Å². The molecule has 1 saturated heterocycles. The molecule has 0 spiro atoms. The summed E-state index contributed by atoms with van der Waals surface area (Å²) in [6.45, 7) is 14.2. The molecule has 1 fully saturated rings. The Labute approximate surface area is 146 Å². The lowest BCUT2D eigenvalue weighted by Gasteiger charge is -2.33. The predicted molar refractivity (Wildman–Crippen MR) is 100 cm³/mol. The summed E-state index contributed by atoms with van der Waals surface area (Å²) in [5, 5.41) is 11.5. The minimum absolute atomic E-state index is 0.480. The Balaban J connectivity index is 1.82. The SMILES string of the molecule is C=C(C)CN1CCC(NC(=NC)NCc2c(C)nn(C)c2C)CC1. The molecular weight excluding hydrogens is 300 g/mol. The first kappa shape index (κ1) is 18.5. The lowest BCUT2D eigenvalue weighted by molar-refractivity contribution is 0.221. The highest BCUT2D eigenvalue weighted by Crippen LogP contribution is 2.13. The molecule has 24 heavy (non-hydrogen) atoms. The number of nitrogens with one attached hydrogen (secondary N) is 2. The molecule has 1 aliphatic rings. The second-order valence-electron chi connectivity index (χ2n) is 6.85. The van der Waals surface area contributed by atoms with Crippen molar-refractivity contribution in [2.24, 2.45) is 12.0 Å². The molecule has 2 rings (SSSR count). The Bertz CT molecular complexity index is 593. The first-order valence-corrected chi connectivity index (χ1v) is 8.73. The molecule has 1 aromatic rings. The summed E-state index contributed by atoms with van der Waals surface area (Å²) in [6, 6.07) is 0.480. The minimum Gasteiger partial charge on any atom is -0.354 e. The first-order valence-electron chi connectivity index (χ1n) is 8.73. The van der Waals surface area contributed by atoms with E-state index in [1.165, 1.54) is 16.8 Å². The van der Waals surface area contributed by atoms with Gasteiger partial charge in [0.25, 0.3) is 0 Å². The van der Waals surface area contributed by atoms with Crippen molar-refractivity contribution in [3.63, 3.8) is 0 Å². The number of aromatic nitrogens is 2. The van der Waals surface area contributed by atoms with E-state index in [1.54, 1.807) is 0 Å². The summed E-state index contributed by atoms with van der Waals surface area (Å²) in [4.78, 5) is 6.84. The molecule has 134 valence electrons. The molecule has 0 atom stereocenters. The van der Waals surface area contributed by atoms with Gasteiger partial charge >= 0.3 is 0 Å². The normalized spacial score (nSPS) is 17.1. The summed E-state index contributed by atoms with van der Waals surface area (Å²) in [6.07, 6.45) is 2.28. The van der Waals surface area contributed by atoms with E-state index in [-0.39, 0.29) is 0 Å². The van der Waals surface area contributed by atoms with Gasteiger partial charge in [-0.25, -0.2) is 0 Å². The Morgan fingerprint density at radius 3 is 2.50 bits per heavy atom. The molecule has 1 aliphatic heterocycles. The van der Waals surface area contributed by atoms with Gasteiger partial charge in [-0.15, -0.1) is 0 Å². The van der Waals surface area contributed by atoms with E-state index in [0.717, 1.165) is 50.7 Å². The van der Waals surface area contributed by atoms with Crippen LogP contribution in [-0.2, 0) is 13.6 Å². The Hall–Kier alpha value is -1.82. The van der Waals surface area contributed by atoms with Gasteiger partial charge in [-0.2, -0.15) is 5.10 Å². The van der Waals surface area contributed by atoms with Crippen LogP contribution in [0.5, 0.6) is 0 Å². The van der Waals surface area contributed by atoms with E-state index in [0.29, 0.717) is 6.04 Å². The van der Waals surface area contributed by atoms with E-state index in [4.69, 9.17) is 0 Å². The number of hydrogen-bond donors (Lipinski definition) is 2. The fraction of sp³-hybridized carbons (Fsp3) is 0.667. The number of aryl methyl sites for hydroxylation is 2. The highest BCUT2D eigenvalue weighted by atomic mass is 15.3. The van der Waals surface area contributed by atoms with Crippen molar-refractivity contribution >= 4 is 5.96 Å². The smallest absolute Gasteiger partial charge is 0.191 e. The predicted octanol–water partition coefficient (Wildman–Crippen LogP) is 1.74. The zero-order chi connectivity index (χ0) is 17.7. The quantitative estimate of drug-likeness (QED) is 0.490. The van der Waals surface area contributed by atoms with Gasteiger partial charge in [0, 0.05) is 57.6 Å². The van der Waals surface area contributed by atoms with Gasteiger partial charge in [0.05, 0.1) is 5.69 Å². The van der Waals surface area contributed by atoms with Crippen LogP contribution in [0.25, 0.3) is 0 Å². The lowest BCUT2D eigenvalue weighted by atomic mass is 10.0. The van der Waals surface area contributed by atoms with Crippen LogP contribution in [0.3, 0.4) is 0 Å². The van der Waals surface area contributed by atoms with Crippen LogP contribution in [0.1, 0.15) is 36.7 Å². The third-order valence-electron chi connectivity index (χ3n) is 4.74. The molecule has 0 unspecified atom stereocenters. The molecule has 6 heteroatoms. The van der Waals surface area contributed by atoms with Crippen LogP contribution in [0.4, 0.5) is 0 Å². The maximum absolute atomic E-state index is 4.47. The van der Waals surface area contributed by atoms with E-state index in [1.807, 2.05) is 18.8 Å². The van der Waals surface area contributed by atoms with Crippen LogP contribution in [0.15, 0.2) is 17.1 Å². The van der Waals surface area contributed by atoms with Crippen LogP contribution in [-0.4, -0.2) is 53.4 Å². The number of aliphatic imine (C=N–C) groups is 1. The number of rotatable bonds is 5. The standard InChI is InChI=1S/C18H32N6/c1-13(2)12-24-9-7-16(8-10-24)21-18(19-5)20-11-17-14(3)22-23(6)15(17)4/h16H,1,7-12H2,2-6H3,(H2,19,20,21). The van der Waals surface area contributed by atoms with Gasteiger partial charge in [0.1, 0.15) is 0 Å². The average Bonchev–Trinajstić information content (AvgIpc) is 2.78. The van der Waals surface area contributed by atoms with Crippen LogP contribution >= 0.6 is 0 Å². The monoisotopic (exact) mass is 332 g/mol. The minimum atomic E-state index is 0.480. The highest BCUT2D eigenvalue weighted by Gasteiger charge is 2.20. The highest BCUT2D eigenvalue weighted by molar-refractivity contribution is 5.80. The molecule has 6 nitrogen and oxygen atoms in total. The first-order chi connectivity index (χ1) is 11.4. The Morgan fingerprint density at radius 2 is 2.00 bits per heavy atom. The van der Waals surface area contributed by atoms with Crippen LogP contribution in [0, 0.1) is 13.8 Å². The van der Waals surface area contributed by atoms with Crippen molar-refractivity contribution < 1.29 is 0 Å². The van der Waals surface area contributed by atoms with E-state index >= 15 is 0 Å². The van der Waals surface area contributed by atoms with Crippen molar-refractivity contribution in [1.82, 2.24) is 25.3 Å². The van der Waals surface area contributed by atoms with Crippen molar-refractivity contribution in [3.05, 3.63) is 29.1 Å². The summed E-state index contributed by atoms with van der Waals surface area (Å²) in [5.41, 5.74) is 4.76. The van der Waals surface area contributed by atoms with Gasteiger partial charge in [0.15, 0.2) is 5.96 Å². The van der Waals surface area contributed by atoms with Gasteiger partial charge in [-0.3, -0.25) is 14.6 Å². The number of hydrogen-bond acceptors (Lipinski definition) is 3. The molecule has 0 aromatic carbocycles. The van der Waals surface area contributed by atoms with Crippen LogP contribution in [0.2, 0.25) is 0 Å². The number of guanidine groups is 1. The van der Waals surface area contributed by atoms with Gasteiger partial charge < -0.3 is 10.6 Å². The summed E-state index contributed by atoms with van der Waals surface area (Å²) in [5.74, 6) is 0.871. The fourth-order valence-corrected chi connectivity index (χ4v) is 3.25. The second kappa shape index (κ2) is 8.33. The molecule has 0 saturated carbocycles. The second-order valence-corrected chi connectivity index (χ2v) is 6.85. The number of likely N-dealkylation sites (tertiary alicyclic amines) is 1. The van der Waals surface area contributed by atoms with Gasteiger partial charge in [-0.05, 0) is 33.6 Å². The lowest BCUT2D eigenvalue weighted by Crippen LogP contribution is -2.48. The molecular formula is C18H32N6. The van der Waals surface area contributed by atoms with E-state index < -0.39 is 0 Å². The molecule has 2 heterocycles. The van der Waals surface area contributed by atoms with Crippen molar-refractivity contribution in [2.45, 2.75) is 46.2 Å². The van der Waals surface area contributed by atoms with Crippen molar-refractivity contribution in [2.75, 3.05) is 26.7 Å². The zero-order valence-corrected chi connectivity index (χ0v) is 15.8. The topological polar surface area (TPSA) is 57.5 Å². The average molecular weight is 332 g/mol. The third kappa shape index (κ3) is 4.84. The van der Waals surface area contributed by atoms with E-state index in [2.05, 4.69) is 53.0 Å². The number of nitrogens with zero attached hydrogens (tertiary/aromatic N) is 4. The summed E-state index contributed by atoms with van der Waals surface area (Å²) < 4.78 is 1.93. The van der Waals surface area contributed by atoms with Crippen LogP contribution < -0.4 is 10.6 Å². The molecule has 2 N–H and O–H groups in total. The zero-order valence-electron chi connectivity index (χ0n) is 15.8. The van der Waals surface area contributed by atoms with E-state index in [9.17, 15) is 0 Å². The molecule has 1 aromatic heterocycles. The Kier molecular flexibility index (Phi) is 6.43. The van der Waals surface area contributed by atoms with Crippen molar-refractivity contribution in [1.29, 1.82) is 0 Å². The summed E-state index contributed by atoms with van der Waals surface area (Å²) >= 11 is 0. The maximum Gasteiger partial charge on any atom is 0.191 e. The van der Waals surface area contributed by atoms with Gasteiger partial charge in [-0.1, -0.05) is 12.2 Å². The molecule has 0 aliphatic carbocycles. The maximum atomic E-state index is 4.47. The molecule has 0 amide bonds. The summed E-state index contributed by atoms with van der Waals surface area (Å²) in [7, 11) is 3.81. The molecule has 0 bridgehead atoms. The Morgan fingerprint density at radius 1 is 1.33 bits per heavy atom. The number of piperidine rings is 1. The van der Waals surface area contributed by atoms with Gasteiger partial charge in [0.2, 0.25) is 0 Å². The molecule has 0 radical (unpaired) electrons.